The van der Waals surface area contributed by atoms with E-state index in [2.05, 4.69) is 46.4 Å². The number of rotatable bonds is 7. The van der Waals surface area contributed by atoms with Crippen molar-refractivity contribution in [3.8, 4) is 22.8 Å². The zero-order chi connectivity index (χ0) is 23.5. The lowest BCUT2D eigenvalue weighted by molar-refractivity contribution is -0.140. The van der Waals surface area contributed by atoms with Gasteiger partial charge >= 0.3 is 0 Å². The number of methoxy groups -OCH3 is 2. The maximum atomic E-state index is 13.2. The van der Waals surface area contributed by atoms with E-state index < -0.39 is 0 Å². The summed E-state index contributed by atoms with van der Waals surface area (Å²) in [5.41, 5.74) is 5.35. The summed E-state index contributed by atoms with van der Waals surface area (Å²) in [6.07, 6.45) is 0.648. The van der Waals surface area contributed by atoms with Crippen LogP contribution in [0.1, 0.15) is 16.8 Å². The molecule has 33 heavy (non-hydrogen) atoms. The number of hydrogen-bond donors (Lipinski definition) is 0. The first-order valence-corrected chi connectivity index (χ1v) is 11.2. The molecule has 1 aromatic heterocycles. The molecule has 174 valence electrons. The fourth-order valence-corrected chi connectivity index (χ4v) is 4.57. The number of ether oxygens (including phenoxy) is 2. The zero-order valence-electron chi connectivity index (χ0n) is 20.0. The van der Waals surface area contributed by atoms with Crippen LogP contribution in [-0.4, -0.2) is 65.9 Å². The highest BCUT2D eigenvalue weighted by Crippen LogP contribution is 2.28. The number of carbonyl (C=O) groups excluding carboxylic acids is 1. The molecule has 2 aromatic carbocycles. The van der Waals surface area contributed by atoms with Crippen LogP contribution < -0.4 is 9.47 Å². The largest absolute Gasteiger partial charge is 0.497 e. The minimum Gasteiger partial charge on any atom is -0.497 e. The van der Waals surface area contributed by atoms with Gasteiger partial charge in [-0.15, -0.1) is 0 Å². The van der Waals surface area contributed by atoms with Crippen molar-refractivity contribution in [1.82, 2.24) is 19.6 Å². The molecule has 7 nitrogen and oxygen atoms in total. The molecule has 0 unspecified atom stereocenters. The van der Waals surface area contributed by atoms with Crippen LogP contribution in [0.25, 0.3) is 11.1 Å². The highest BCUT2D eigenvalue weighted by Gasteiger charge is 2.34. The van der Waals surface area contributed by atoms with E-state index in [1.54, 1.807) is 18.9 Å². The standard InChI is InChI=1S/C26H32N4O3/c1-18-23(26(33-5)29(3)27-18)17-30-14-13-28(2)25(31)24(30)16-19-7-6-8-21(15-19)20-9-11-22(32-4)12-10-20/h6-12,15,24H,13-14,16-17H2,1-5H3/t24-/m0/s1. The molecule has 7 heteroatoms. The molecule has 4 rings (SSSR count). The van der Waals surface area contributed by atoms with Crippen LogP contribution in [0.3, 0.4) is 0 Å². The lowest BCUT2D eigenvalue weighted by atomic mass is 9.97. The number of aryl methyl sites for hydroxylation is 2. The Bertz CT molecular complexity index is 1120. The van der Waals surface area contributed by atoms with Gasteiger partial charge in [-0.2, -0.15) is 5.10 Å². The summed E-state index contributed by atoms with van der Waals surface area (Å²) in [5, 5.41) is 4.51. The molecule has 1 fully saturated rings. The summed E-state index contributed by atoms with van der Waals surface area (Å²) in [4.78, 5) is 17.3. The number of carbonyl (C=O) groups is 1. The molecule has 0 spiro atoms. The quantitative estimate of drug-likeness (QED) is 0.555. The summed E-state index contributed by atoms with van der Waals surface area (Å²) < 4.78 is 12.6. The first-order valence-electron chi connectivity index (χ1n) is 11.2. The van der Waals surface area contributed by atoms with Crippen LogP contribution >= 0.6 is 0 Å². The smallest absolute Gasteiger partial charge is 0.240 e. The number of nitrogens with zero attached hydrogens (tertiary/aromatic N) is 4. The summed E-state index contributed by atoms with van der Waals surface area (Å²) in [6, 6.07) is 16.2. The molecule has 1 atom stereocenters. The van der Waals surface area contributed by atoms with Gasteiger partial charge in [0.05, 0.1) is 31.5 Å². The molecular formula is C26H32N4O3. The Labute approximate surface area is 195 Å². The Morgan fingerprint density at radius 1 is 1.00 bits per heavy atom. The first kappa shape index (κ1) is 22.9. The maximum absolute atomic E-state index is 13.2. The second-order valence-corrected chi connectivity index (χ2v) is 8.58. The van der Waals surface area contributed by atoms with Gasteiger partial charge in [-0.3, -0.25) is 9.69 Å². The Balaban J connectivity index is 1.59. The highest BCUT2D eigenvalue weighted by atomic mass is 16.5. The van der Waals surface area contributed by atoms with Crippen molar-refractivity contribution in [1.29, 1.82) is 0 Å². The monoisotopic (exact) mass is 448 g/mol. The normalized spacial score (nSPS) is 16.8. The Hall–Kier alpha value is -3.32. The van der Waals surface area contributed by atoms with Crippen LogP contribution in [0.15, 0.2) is 48.5 Å². The van der Waals surface area contributed by atoms with E-state index in [1.165, 1.54) is 0 Å². The molecule has 0 saturated carbocycles. The van der Waals surface area contributed by atoms with E-state index in [4.69, 9.17) is 9.47 Å². The molecule has 1 amide bonds. The Morgan fingerprint density at radius 2 is 1.76 bits per heavy atom. The van der Waals surface area contributed by atoms with Gasteiger partial charge in [0, 0.05) is 33.7 Å². The van der Waals surface area contributed by atoms with Gasteiger partial charge in [-0.1, -0.05) is 36.4 Å². The third-order valence-corrected chi connectivity index (χ3v) is 6.45. The van der Waals surface area contributed by atoms with Gasteiger partial charge in [0.1, 0.15) is 5.75 Å². The molecule has 3 aromatic rings. The van der Waals surface area contributed by atoms with Crippen molar-refractivity contribution in [3.63, 3.8) is 0 Å². The molecule has 0 radical (unpaired) electrons. The van der Waals surface area contributed by atoms with E-state index in [-0.39, 0.29) is 11.9 Å². The highest BCUT2D eigenvalue weighted by molar-refractivity contribution is 5.83. The van der Waals surface area contributed by atoms with Crippen molar-refractivity contribution < 1.29 is 14.3 Å². The van der Waals surface area contributed by atoms with Crippen molar-refractivity contribution in [2.24, 2.45) is 7.05 Å². The average molecular weight is 449 g/mol. The van der Waals surface area contributed by atoms with Crippen LogP contribution in [0, 0.1) is 6.92 Å². The molecular weight excluding hydrogens is 416 g/mol. The van der Waals surface area contributed by atoms with Crippen molar-refractivity contribution in [2.45, 2.75) is 25.9 Å². The zero-order valence-corrected chi connectivity index (χ0v) is 20.0. The van der Waals surface area contributed by atoms with E-state index in [1.807, 2.05) is 38.1 Å². The molecule has 0 N–H and O–H groups in total. The van der Waals surface area contributed by atoms with Gasteiger partial charge in [0.2, 0.25) is 11.8 Å². The minimum absolute atomic E-state index is 0.150. The molecule has 0 bridgehead atoms. The lowest BCUT2D eigenvalue weighted by Crippen LogP contribution is -2.56. The third-order valence-electron chi connectivity index (χ3n) is 6.45. The van der Waals surface area contributed by atoms with Crippen LogP contribution in [-0.2, 0) is 24.8 Å². The van der Waals surface area contributed by atoms with Gasteiger partial charge in [-0.05, 0) is 42.2 Å². The fraction of sp³-hybridized carbons (Fsp3) is 0.385. The average Bonchev–Trinajstić information content (AvgIpc) is 3.10. The topological polar surface area (TPSA) is 59.8 Å². The second-order valence-electron chi connectivity index (χ2n) is 8.58. The predicted octanol–water partition coefficient (Wildman–Crippen LogP) is 3.30. The van der Waals surface area contributed by atoms with Crippen molar-refractivity contribution in [3.05, 3.63) is 65.4 Å². The van der Waals surface area contributed by atoms with E-state index in [0.717, 1.165) is 46.1 Å². The Morgan fingerprint density at radius 3 is 2.45 bits per heavy atom. The number of amides is 1. The summed E-state index contributed by atoms with van der Waals surface area (Å²) in [7, 11) is 7.10. The molecule has 1 aliphatic rings. The van der Waals surface area contributed by atoms with Crippen molar-refractivity contribution >= 4 is 5.91 Å². The summed E-state index contributed by atoms with van der Waals surface area (Å²) in [5.74, 6) is 1.73. The maximum Gasteiger partial charge on any atom is 0.240 e. The summed E-state index contributed by atoms with van der Waals surface area (Å²) >= 11 is 0. The molecule has 2 heterocycles. The molecule has 0 aliphatic carbocycles. The van der Waals surface area contributed by atoms with Crippen molar-refractivity contribution in [2.75, 3.05) is 34.4 Å². The van der Waals surface area contributed by atoms with Gasteiger partial charge < -0.3 is 14.4 Å². The summed E-state index contributed by atoms with van der Waals surface area (Å²) in [6.45, 7) is 4.14. The number of likely N-dealkylation sites (N-methyl/N-ethyl adjacent to an activating group) is 1. The number of benzene rings is 2. The number of aromatic nitrogens is 2. The van der Waals surface area contributed by atoms with E-state index in [0.29, 0.717) is 19.5 Å². The van der Waals surface area contributed by atoms with Gasteiger partial charge in [0.15, 0.2) is 0 Å². The lowest BCUT2D eigenvalue weighted by Gasteiger charge is -2.39. The van der Waals surface area contributed by atoms with Gasteiger partial charge in [-0.25, -0.2) is 4.68 Å². The molecule has 1 aliphatic heterocycles. The fourth-order valence-electron chi connectivity index (χ4n) is 4.57. The number of hydrogen-bond acceptors (Lipinski definition) is 5. The second kappa shape index (κ2) is 9.67. The van der Waals surface area contributed by atoms with Gasteiger partial charge in [0.25, 0.3) is 0 Å². The van der Waals surface area contributed by atoms with E-state index in [9.17, 15) is 4.79 Å². The molecule has 1 saturated heterocycles. The SMILES string of the molecule is COc1ccc(-c2cccc(C[C@H]3C(=O)N(C)CCN3Cc3c(C)nn(C)c3OC)c2)cc1. The van der Waals surface area contributed by atoms with E-state index >= 15 is 0 Å². The third kappa shape index (κ3) is 4.73. The van der Waals surface area contributed by atoms with Crippen LogP contribution in [0.4, 0.5) is 0 Å². The number of piperazine rings is 1. The van der Waals surface area contributed by atoms with Crippen LogP contribution in [0.2, 0.25) is 0 Å². The first-order chi connectivity index (χ1) is 15.9. The van der Waals surface area contributed by atoms with Crippen LogP contribution in [0.5, 0.6) is 11.6 Å². The predicted molar refractivity (Wildman–Crippen MR) is 128 cm³/mol. The minimum atomic E-state index is -0.237. The Kier molecular flexibility index (Phi) is 6.70.